The lowest BCUT2D eigenvalue weighted by atomic mass is 9.80. The third kappa shape index (κ3) is 11.5. The van der Waals surface area contributed by atoms with E-state index in [-0.39, 0.29) is 18.6 Å². The lowest BCUT2D eigenvalue weighted by molar-refractivity contribution is -0.140. The Balaban J connectivity index is 4.63. The van der Waals surface area contributed by atoms with Gasteiger partial charge in [0.05, 0.1) is 26.4 Å². The van der Waals surface area contributed by atoms with E-state index in [2.05, 4.69) is 33.2 Å². The van der Waals surface area contributed by atoms with Crippen LogP contribution in [0.25, 0.3) is 0 Å². The van der Waals surface area contributed by atoms with E-state index in [1.807, 2.05) is 6.92 Å². The fraction of sp³-hybridized carbons (Fsp3) is 0.545. The Morgan fingerprint density at radius 3 is 1.71 bits per heavy atom. The number of rotatable bonds is 17. The maximum absolute atomic E-state index is 11.1. The molecule has 0 aliphatic heterocycles. The molecule has 0 aliphatic rings. The van der Waals surface area contributed by atoms with Crippen LogP contribution < -0.4 is 0 Å². The molecule has 0 spiro atoms. The van der Waals surface area contributed by atoms with Gasteiger partial charge in [-0.1, -0.05) is 44.4 Å². The number of ether oxygens (including phenoxy) is 4. The molecule has 0 atom stereocenters. The maximum Gasteiger partial charge on any atom is 0.330 e. The molecule has 0 heterocycles. The van der Waals surface area contributed by atoms with E-state index in [1.165, 1.54) is 0 Å². The lowest BCUT2D eigenvalue weighted by Gasteiger charge is -2.33. The van der Waals surface area contributed by atoms with Crippen molar-refractivity contribution in [2.24, 2.45) is 5.41 Å². The highest BCUT2D eigenvalue weighted by molar-refractivity contribution is 5.81. The van der Waals surface area contributed by atoms with Gasteiger partial charge in [0.15, 0.2) is 0 Å². The predicted molar refractivity (Wildman–Crippen MR) is 110 cm³/mol. The summed E-state index contributed by atoms with van der Waals surface area (Å²) in [5, 5.41) is 0. The molecule has 0 amide bonds. The number of hydrogen-bond donors (Lipinski definition) is 0. The maximum atomic E-state index is 11.1. The van der Waals surface area contributed by atoms with Gasteiger partial charge in [-0.15, -0.1) is 0 Å². The van der Waals surface area contributed by atoms with Crippen LogP contribution in [0.4, 0.5) is 0 Å². The zero-order valence-corrected chi connectivity index (χ0v) is 17.3. The normalized spacial score (nSPS) is 10.8. The number of carbonyl (C=O) groups excluding carboxylic acids is 2. The van der Waals surface area contributed by atoms with Gasteiger partial charge in [0.1, 0.15) is 13.2 Å². The van der Waals surface area contributed by atoms with Crippen LogP contribution in [0, 0.1) is 5.41 Å². The van der Waals surface area contributed by atoms with Crippen molar-refractivity contribution in [2.75, 3.05) is 39.6 Å². The van der Waals surface area contributed by atoms with Gasteiger partial charge in [-0.3, -0.25) is 0 Å². The van der Waals surface area contributed by atoms with Crippen molar-refractivity contribution in [2.45, 2.75) is 33.1 Å². The molecule has 158 valence electrons. The summed E-state index contributed by atoms with van der Waals surface area (Å²) in [7, 11) is 0. The first-order valence-electron chi connectivity index (χ1n) is 9.37. The zero-order chi connectivity index (χ0) is 21.4. The predicted octanol–water partition coefficient (Wildman–Crippen LogP) is 3.79. The number of allylic oxidation sites excluding steroid dienone is 2. The van der Waals surface area contributed by atoms with Crippen molar-refractivity contribution in [3.63, 3.8) is 0 Å². The van der Waals surface area contributed by atoms with Gasteiger partial charge in [0.2, 0.25) is 0 Å². The van der Waals surface area contributed by atoms with Gasteiger partial charge in [-0.25, -0.2) is 9.59 Å². The minimum absolute atomic E-state index is 0.168. The van der Waals surface area contributed by atoms with Gasteiger partial charge in [-0.05, 0) is 26.2 Å². The van der Waals surface area contributed by atoms with Crippen molar-refractivity contribution in [1.82, 2.24) is 0 Å². The Kier molecular flexibility index (Phi) is 13.7. The SMILES string of the molecule is C=CC(=O)OCCOCC(CC)(CCC(=C)C(=C)C)COCCOC(=O)C=C. The summed E-state index contributed by atoms with van der Waals surface area (Å²) in [5.41, 5.74) is 1.72. The largest absolute Gasteiger partial charge is 0.460 e. The van der Waals surface area contributed by atoms with Gasteiger partial charge in [-0.2, -0.15) is 0 Å². The Bertz CT molecular complexity index is 519. The minimum atomic E-state index is -0.472. The highest BCUT2D eigenvalue weighted by Gasteiger charge is 2.29. The molecule has 0 radical (unpaired) electrons. The molecule has 0 aromatic heterocycles. The molecule has 0 bridgehead atoms. The summed E-state index contributed by atoms with van der Waals surface area (Å²) in [6.45, 7) is 20.5. The molecule has 0 fully saturated rings. The van der Waals surface area contributed by atoms with Gasteiger partial charge >= 0.3 is 11.9 Å². The average Bonchev–Trinajstić information content (AvgIpc) is 2.69. The van der Waals surface area contributed by atoms with E-state index >= 15 is 0 Å². The fourth-order valence-electron chi connectivity index (χ4n) is 2.29. The van der Waals surface area contributed by atoms with Gasteiger partial charge < -0.3 is 18.9 Å². The van der Waals surface area contributed by atoms with Crippen molar-refractivity contribution in [1.29, 1.82) is 0 Å². The number of hydrogen-bond acceptors (Lipinski definition) is 6. The second-order valence-corrected chi connectivity index (χ2v) is 6.59. The Morgan fingerprint density at radius 1 is 0.893 bits per heavy atom. The lowest BCUT2D eigenvalue weighted by Crippen LogP contribution is -2.33. The molecule has 0 unspecified atom stereocenters. The van der Waals surface area contributed by atoms with Crippen molar-refractivity contribution >= 4 is 11.9 Å². The molecular weight excluding hydrogens is 360 g/mol. The van der Waals surface area contributed by atoms with Crippen LogP contribution in [-0.4, -0.2) is 51.6 Å². The summed E-state index contributed by atoms with van der Waals surface area (Å²) in [5.74, 6) is -0.943. The summed E-state index contributed by atoms with van der Waals surface area (Å²) >= 11 is 0. The molecule has 0 rings (SSSR count). The Morgan fingerprint density at radius 2 is 1.36 bits per heavy atom. The highest BCUT2D eigenvalue weighted by Crippen LogP contribution is 2.31. The van der Waals surface area contributed by atoms with Crippen LogP contribution in [0.15, 0.2) is 49.6 Å². The monoisotopic (exact) mass is 394 g/mol. The topological polar surface area (TPSA) is 71.1 Å². The van der Waals surface area contributed by atoms with E-state index in [1.54, 1.807) is 0 Å². The first-order chi connectivity index (χ1) is 13.3. The first-order valence-corrected chi connectivity index (χ1v) is 9.37. The molecule has 6 heteroatoms. The molecule has 28 heavy (non-hydrogen) atoms. The van der Waals surface area contributed by atoms with Crippen LogP contribution >= 0.6 is 0 Å². The summed E-state index contributed by atoms with van der Waals surface area (Å²) in [4.78, 5) is 22.1. The molecule has 0 aromatic carbocycles. The molecule has 0 aromatic rings. The van der Waals surface area contributed by atoms with E-state index in [9.17, 15) is 9.59 Å². The Hall–Kier alpha value is -2.18. The second kappa shape index (κ2) is 14.8. The van der Waals surface area contributed by atoms with Crippen molar-refractivity contribution in [3.8, 4) is 0 Å². The summed E-state index contributed by atoms with van der Waals surface area (Å²) in [6.07, 6.45) is 4.66. The summed E-state index contributed by atoms with van der Waals surface area (Å²) < 4.78 is 21.3. The van der Waals surface area contributed by atoms with Gasteiger partial charge in [0.25, 0.3) is 0 Å². The van der Waals surface area contributed by atoms with E-state index < -0.39 is 11.9 Å². The van der Waals surface area contributed by atoms with Crippen molar-refractivity contribution < 1.29 is 28.5 Å². The van der Waals surface area contributed by atoms with Crippen LogP contribution in [0.3, 0.4) is 0 Å². The average molecular weight is 395 g/mol. The molecule has 0 aliphatic carbocycles. The summed E-state index contributed by atoms with van der Waals surface area (Å²) in [6, 6.07) is 0. The fourth-order valence-corrected chi connectivity index (χ4v) is 2.29. The quantitative estimate of drug-likeness (QED) is 0.162. The van der Waals surface area contributed by atoms with Crippen LogP contribution in [0.1, 0.15) is 33.1 Å². The third-order valence-corrected chi connectivity index (χ3v) is 4.40. The molecule has 0 N–H and O–H groups in total. The van der Waals surface area contributed by atoms with Crippen LogP contribution in [-0.2, 0) is 28.5 Å². The first kappa shape index (κ1) is 25.8. The van der Waals surface area contributed by atoms with E-state index in [4.69, 9.17) is 18.9 Å². The molecular formula is C22H34O6. The van der Waals surface area contributed by atoms with Crippen molar-refractivity contribution in [3.05, 3.63) is 49.6 Å². The number of carbonyl (C=O) groups is 2. The molecule has 6 nitrogen and oxygen atoms in total. The second-order valence-electron chi connectivity index (χ2n) is 6.59. The third-order valence-electron chi connectivity index (χ3n) is 4.40. The molecule has 0 saturated carbocycles. The van der Waals surface area contributed by atoms with Crippen LogP contribution in [0.2, 0.25) is 0 Å². The zero-order valence-electron chi connectivity index (χ0n) is 17.3. The highest BCUT2D eigenvalue weighted by atomic mass is 16.6. The van der Waals surface area contributed by atoms with Crippen LogP contribution in [0.5, 0.6) is 0 Å². The molecule has 0 saturated heterocycles. The van der Waals surface area contributed by atoms with E-state index in [0.29, 0.717) is 26.4 Å². The number of esters is 2. The minimum Gasteiger partial charge on any atom is -0.460 e. The van der Waals surface area contributed by atoms with Gasteiger partial charge in [0, 0.05) is 17.6 Å². The standard InChI is InChI=1S/C22H34O6/c1-7-20(23)27-14-12-25-16-22(9-3,11-10-19(6)18(4)5)17-26-13-15-28-21(24)8-2/h7-8H,1-2,4,6,9-17H2,3,5H3. The smallest absolute Gasteiger partial charge is 0.330 e. The Labute approximate surface area is 168 Å². The van der Waals surface area contributed by atoms with E-state index in [0.717, 1.165) is 42.6 Å².